The lowest BCUT2D eigenvalue weighted by Gasteiger charge is -2.08. The van der Waals surface area contributed by atoms with Gasteiger partial charge in [0.25, 0.3) is 0 Å². The first kappa shape index (κ1) is 16.4. The molecule has 0 aromatic heterocycles. The third-order valence-corrected chi connectivity index (χ3v) is 3.11. The Morgan fingerprint density at radius 1 is 1.21 bits per heavy atom. The average molecular weight is 332 g/mol. The monoisotopic (exact) mass is 331 g/mol. The molecule has 0 unspecified atom stereocenters. The van der Waals surface area contributed by atoms with Crippen LogP contribution in [0, 0.1) is 11.7 Å². The third kappa shape index (κ3) is 8.22. The molecule has 0 fully saturated rings. The zero-order chi connectivity index (χ0) is 14.1. The van der Waals surface area contributed by atoms with Gasteiger partial charge in [0.15, 0.2) is 0 Å². The summed E-state index contributed by atoms with van der Waals surface area (Å²) in [6, 6.07) is 4.62. The van der Waals surface area contributed by atoms with Crippen LogP contribution >= 0.6 is 15.9 Å². The van der Waals surface area contributed by atoms with Crippen molar-refractivity contribution in [2.24, 2.45) is 5.92 Å². The normalized spacial score (nSPS) is 11.0. The molecule has 1 rings (SSSR count). The Kier molecular flexibility index (Phi) is 8.07. The Hall–Kier alpha value is -0.610. The largest absolute Gasteiger partial charge is 0.493 e. The molecule has 0 aliphatic rings. The standard InChI is InChI=1S/C15H23BrFNO/c1-12(2)11-18-6-4-3-5-7-19-15-9-13(16)8-14(17)10-15/h8-10,12,18H,3-7,11H2,1-2H3. The van der Waals surface area contributed by atoms with Gasteiger partial charge in [-0.1, -0.05) is 29.8 Å². The lowest BCUT2D eigenvalue weighted by atomic mass is 10.2. The first-order valence-electron chi connectivity index (χ1n) is 6.87. The molecule has 0 saturated carbocycles. The summed E-state index contributed by atoms with van der Waals surface area (Å²) in [5, 5.41) is 3.41. The summed E-state index contributed by atoms with van der Waals surface area (Å²) in [7, 11) is 0. The maximum Gasteiger partial charge on any atom is 0.128 e. The number of ether oxygens (including phenoxy) is 1. The molecule has 0 atom stereocenters. The molecule has 2 nitrogen and oxygen atoms in total. The summed E-state index contributed by atoms with van der Waals surface area (Å²) in [6.07, 6.45) is 3.28. The predicted molar refractivity (Wildman–Crippen MR) is 81.2 cm³/mol. The van der Waals surface area contributed by atoms with E-state index in [4.69, 9.17) is 4.74 Å². The molecule has 0 aliphatic carbocycles. The zero-order valence-electron chi connectivity index (χ0n) is 11.7. The molecular formula is C15H23BrFNO. The molecule has 1 aromatic rings. The molecule has 19 heavy (non-hydrogen) atoms. The first-order valence-corrected chi connectivity index (χ1v) is 7.67. The van der Waals surface area contributed by atoms with Crippen LogP contribution in [0.1, 0.15) is 33.1 Å². The van der Waals surface area contributed by atoms with Crippen molar-refractivity contribution in [3.8, 4) is 5.75 Å². The molecule has 0 aliphatic heterocycles. The lowest BCUT2D eigenvalue weighted by molar-refractivity contribution is 0.303. The highest BCUT2D eigenvalue weighted by Crippen LogP contribution is 2.20. The Bertz CT molecular complexity index is 351. The summed E-state index contributed by atoms with van der Waals surface area (Å²) >= 11 is 3.25. The fourth-order valence-corrected chi connectivity index (χ4v) is 2.17. The van der Waals surface area contributed by atoms with Crippen LogP contribution in [0.2, 0.25) is 0 Å². The van der Waals surface area contributed by atoms with E-state index in [0.717, 1.165) is 32.4 Å². The molecule has 0 heterocycles. The fraction of sp³-hybridized carbons (Fsp3) is 0.600. The van der Waals surface area contributed by atoms with Crippen molar-refractivity contribution in [3.05, 3.63) is 28.5 Å². The Labute approximate surface area is 123 Å². The summed E-state index contributed by atoms with van der Waals surface area (Å²) in [6.45, 7) is 7.19. The maximum absolute atomic E-state index is 13.1. The van der Waals surface area contributed by atoms with E-state index in [-0.39, 0.29) is 5.82 Å². The minimum absolute atomic E-state index is 0.276. The van der Waals surface area contributed by atoms with Crippen molar-refractivity contribution in [2.45, 2.75) is 33.1 Å². The van der Waals surface area contributed by atoms with Crippen LogP contribution in [0.5, 0.6) is 5.75 Å². The average Bonchev–Trinajstić information content (AvgIpc) is 2.31. The number of hydrogen-bond donors (Lipinski definition) is 1. The molecule has 1 N–H and O–H groups in total. The van der Waals surface area contributed by atoms with Gasteiger partial charge in [-0.05, 0) is 50.4 Å². The highest BCUT2D eigenvalue weighted by Gasteiger charge is 2.00. The highest BCUT2D eigenvalue weighted by atomic mass is 79.9. The van der Waals surface area contributed by atoms with Crippen LogP contribution in [0.3, 0.4) is 0 Å². The van der Waals surface area contributed by atoms with Crippen molar-refractivity contribution in [1.82, 2.24) is 5.32 Å². The summed E-state index contributed by atoms with van der Waals surface area (Å²) < 4.78 is 19.3. The van der Waals surface area contributed by atoms with Gasteiger partial charge in [-0.15, -0.1) is 0 Å². The fourth-order valence-electron chi connectivity index (χ4n) is 1.72. The number of rotatable bonds is 9. The third-order valence-electron chi connectivity index (χ3n) is 2.66. The SMILES string of the molecule is CC(C)CNCCCCCOc1cc(F)cc(Br)c1. The van der Waals surface area contributed by atoms with Gasteiger partial charge in [0.1, 0.15) is 11.6 Å². The van der Waals surface area contributed by atoms with Gasteiger partial charge in [-0.3, -0.25) is 0 Å². The molecule has 0 amide bonds. The van der Waals surface area contributed by atoms with E-state index in [0.29, 0.717) is 22.7 Å². The molecule has 0 saturated heterocycles. The van der Waals surface area contributed by atoms with E-state index >= 15 is 0 Å². The van der Waals surface area contributed by atoms with Crippen molar-refractivity contribution in [2.75, 3.05) is 19.7 Å². The van der Waals surface area contributed by atoms with E-state index in [1.54, 1.807) is 6.07 Å². The number of hydrogen-bond acceptors (Lipinski definition) is 2. The van der Waals surface area contributed by atoms with E-state index in [9.17, 15) is 4.39 Å². The van der Waals surface area contributed by atoms with Crippen LogP contribution in [0.4, 0.5) is 4.39 Å². The van der Waals surface area contributed by atoms with Gasteiger partial charge < -0.3 is 10.1 Å². The minimum atomic E-state index is -0.276. The van der Waals surface area contributed by atoms with Crippen LogP contribution in [-0.4, -0.2) is 19.7 Å². The first-order chi connectivity index (χ1) is 9.08. The van der Waals surface area contributed by atoms with Crippen molar-refractivity contribution in [1.29, 1.82) is 0 Å². The van der Waals surface area contributed by atoms with Gasteiger partial charge in [-0.25, -0.2) is 4.39 Å². The van der Waals surface area contributed by atoms with Gasteiger partial charge in [0, 0.05) is 10.5 Å². The second kappa shape index (κ2) is 9.32. The second-order valence-corrected chi connectivity index (χ2v) is 6.03. The summed E-state index contributed by atoms with van der Waals surface area (Å²) in [5.74, 6) is 1.02. The van der Waals surface area contributed by atoms with Crippen molar-refractivity contribution >= 4 is 15.9 Å². The zero-order valence-corrected chi connectivity index (χ0v) is 13.3. The topological polar surface area (TPSA) is 21.3 Å². The molecule has 0 radical (unpaired) electrons. The molecule has 108 valence electrons. The van der Waals surface area contributed by atoms with Gasteiger partial charge in [0.2, 0.25) is 0 Å². The van der Waals surface area contributed by atoms with E-state index in [1.165, 1.54) is 12.1 Å². The maximum atomic E-state index is 13.1. The van der Waals surface area contributed by atoms with Crippen LogP contribution < -0.4 is 10.1 Å². The molecule has 1 aromatic carbocycles. The summed E-state index contributed by atoms with van der Waals surface area (Å²) in [5.41, 5.74) is 0. The predicted octanol–water partition coefficient (Wildman–Crippen LogP) is 4.38. The van der Waals surface area contributed by atoms with Gasteiger partial charge in [-0.2, -0.15) is 0 Å². The minimum Gasteiger partial charge on any atom is -0.493 e. The number of nitrogens with one attached hydrogen (secondary N) is 1. The van der Waals surface area contributed by atoms with Crippen molar-refractivity contribution < 1.29 is 9.13 Å². The van der Waals surface area contributed by atoms with Crippen LogP contribution in [-0.2, 0) is 0 Å². The summed E-state index contributed by atoms with van der Waals surface area (Å²) in [4.78, 5) is 0. The quantitative estimate of drug-likeness (QED) is 0.678. The van der Waals surface area contributed by atoms with Crippen LogP contribution in [0.25, 0.3) is 0 Å². The number of benzene rings is 1. The van der Waals surface area contributed by atoms with E-state index in [1.807, 2.05) is 0 Å². The highest BCUT2D eigenvalue weighted by molar-refractivity contribution is 9.10. The molecule has 0 spiro atoms. The number of unbranched alkanes of at least 4 members (excludes halogenated alkanes) is 2. The lowest BCUT2D eigenvalue weighted by Crippen LogP contribution is -2.20. The van der Waals surface area contributed by atoms with E-state index in [2.05, 4.69) is 35.1 Å². The van der Waals surface area contributed by atoms with E-state index < -0.39 is 0 Å². The second-order valence-electron chi connectivity index (χ2n) is 5.11. The Balaban J connectivity index is 2.04. The Morgan fingerprint density at radius 2 is 2.00 bits per heavy atom. The molecular weight excluding hydrogens is 309 g/mol. The van der Waals surface area contributed by atoms with Crippen molar-refractivity contribution in [3.63, 3.8) is 0 Å². The molecule has 4 heteroatoms. The smallest absolute Gasteiger partial charge is 0.128 e. The van der Waals surface area contributed by atoms with Crippen LogP contribution in [0.15, 0.2) is 22.7 Å². The Morgan fingerprint density at radius 3 is 2.68 bits per heavy atom. The molecule has 0 bridgehead atoms. The number of halogens is 2. The van der Waals surface area contributed by atoms with Gasteiger partial charge >= 0.3 is 0 Å². The van der Waals surface area contributed by atoms with Gasteiger partial charge in [0.05, 0.1) is 6.61 Å².